The van der Waals surface area contributed by atoms with E-state index >= 15 is 0 Å². The molecule has 9 nitrogen and oxygen atoms in total. The average molecular weight is 465 g/mol. The number of hydrogen-bond donors (Lipinski definition) is 3. The molecule has 1 aliphatic carbocycles. The van der Waals surface area contributed by atoms with Crippen LogP contribution in [0.4, 0.5) is 10.5 Å². The Morgan fingerprint density at radius 1 is 1.29 bits per heavy atom. The summed E-state index contributed by atoms with van der Waals surface area (Å²) >= 11 is 0. The van der Waals surface area contributed by atoms with Crippen LogP contribution in [0.15, 0.2) is 40.2 Å². The quantitative estimate of drug-likeness (QED) is 0.355. The van der Waals surface area contributed by atoms with Crippen molar-refractivity contribution < 1.29 is 9.37 Å². The third kappa shape index (κ3) is 5.52. The number of aryl methyl sites for hydroxylation is 1. The predicted molar refractivity (Wildman–Crippen MR) is 134 cm³/mol. The van der Waals surface area contributed by atoms with Crippen LogP contribution in [0.25, 0.3) is 0 Å². The molecule has 34 heavy (non-hydrogen) atoms. The van der Waals surface area contributed by atoms with E-state index in [1.54, 1.807) is 12.3 Å². The largest absolute Gasteiger partial charge is 0.382 e. The lowest BCUT2D eigenvalue weighted by Crippen LogP contribution is -2.43. The summed E-state index contributed by atoms with van der Waals surface area (Å²) in [6, 6.07) is 7.36. The number of hydrogen-bond acceptors (Lipinski definition) is 4. The van der Waals surface area contributed by atoms with Crippen molar-refractivity contribution in [1.29, 1.82) is 0 Å². The first-order chi connectivity index (χ1) is 16.5. The van der Waals surface area contributed by atoms with Crippen LogP contribution in [-0.2, 0) is 6.42 Å². The molecule has 2 atom stereocenters. The number of aromatic nitrogens is 2. The number of carbonyl (C=O) groups excluding carboxylic acids is 1. The molecule has 9 heteroatoms. The zero-order chi connectivity index (χ0) is 24.1. The van der Waals surface area contributed by atoms with Gasteiger partial charge in [-0.15, -0.1) is 0 Å². The van der Waals surface area contributed by atoms with E-state index in [0.29, 0.717) is 17.5 Å². The van der Waals surface area contributed by atoms with Gasteiger partial charge in [0.25, 0.3) is 5.56 Å². The number of nitrogens with zero attached hydrogens (tertiary/aromatic N) is 4. The Morgan fingerprint density at radius 3 is 2.74 bits per heavy atom. The van der Waals surface area contributed by atoms with E-state index in [0.717, 1.165) is 68.8 Å². The highest BCUT2D eigenvalue weighted by Gasteiger charge is 2.29. The number of amidine groups is 1. The summed E-state index contributed by atoms with van der Waals surface area (Å²) in [5.74, 6) is 1.09. The van der Waals surface area contributed by atoms with Gasteiger partial charge in [0.1, 0.15) is 11.9 Å². The van der Waals surface area contributed by atoms with Gasteiger partial charge in [0, 0.05) is 24.2 Å². The van der Waals surface area contributed by atoms with E-state index in [-0.39, 0.29) is 11.4 Å². The fourth-order valence-corrected chi connectivity index (χ4v) is 4.84. The van der Waals surface area contributed by atoms with Gasteiger partial charge in [-0.25, -0.2) is 9.37 Å². The standard InChI is InChI=1S/C25H33N7O2/c1-3-18-6-8-21(29-24(18)33)19-5-4-17(14-19)16-31-10-12-32(13-11-31)20-7-9-22(28-15-20)23(26)30-25(34)27-2/h6-9,15-17,19H,3-5,10-14H2,1-2H3,(H3-,26,27,29,30,33,34)/p+1/t17?,19-/m1/s1. The Bertz CT molecular complexity index is 1130. The van der Waals surface area contributed by atoms with E-state index in [4.69, 9.17) is 5.73 Å². The molecule has 1 saturated carbocycles. The molecule has 0 bridgehead atoms. The van der Waals surface area contributed by atoms with Gasteiger partial charge in [0.15, 0.2) is 18.9 Å². The van der Waals surface area contributed by atoms with Crippen LogP contribution in [0.3, 0.4) is 0 Å². The number of pyridine rings is 2. The van der Waals surface area contributed by atoms with Crippen molar-refractivity contribution in [3.05, 3.63) is 57.8 Å². The normalized spacial score (nSPS) is 20.9. The lowest BCUT2D eigenvalue weighted by molar-refractivity contribution is -0.527. The van der Waals surface area contributed by atoms with Crippen LogP contribution >= 0.6 is 0 Å². The molecule has 180 valence electrons. The lowest BCUT2D eigenvalue weighted by Gasteiger charge is -2.27. The second kappa shape index (κ2) is 10.6. The molecule has 1 aliphatic heterocycles. The van der Waals surface area contributed by atoms with Gasteiger partial charge in [-0.05, 0) is 49.8 Å². The third-order valence-corrected chi connectivity index (χ3v) is 6.85. The van der Waals surface area contributed by atoms with Crippen LogP contribution in [0, 0.1) is 5.92 Å². The fourth-order valence-electron chi connectivity index (χ4n) is 4.84. The highest BCUT2D eigenvalue weighted by molar-refractivity contribution is 6.02. The second-order valence-electron chi connectivity index (χ2n) is 9.02. The predicted octanol–water partition coefficient (Wildman–Crippen LogP) is 1.86. The summed E-state index contributed by atoms with van der Waals surface area (Å²) in [5, 5.41) is 2.41. The van der Waals surface area contributed by atoms with Gasteiger partial charge in [-0.1, -0.05) is 13.0 Å². The number of aromatic amines is 1. The van der Waals surface area contributed by atoms with Gasteiger partial charge in [-0.3, -0.25) is 9.78 Å². The maximum atomic E-state index is 12.2. The van der Waals surface area contributed by atoms with Gasteiger partial charge >= 0.3 is 6.03 Å². The van der Waals surface area contributed by atoms with Crippen molar-refractivity contribution in [2.24, 2.45) is 16.6 Å². The first kappa shape index (κ1) is 23.7. The minimum absolute atomic E-state index is 0.0625. The maximum Gasteiger partial charge on any atom is 0.342 e. The number of anilines is 1. The number of aliphatic imine (C=N–C) groups is 1. The molecule has 4 N–H and O–H groups in total. The topological polar surface area (TPSA) is 119 Å². The first-order valence-corrected chi connectivity index (χ1v) is 12.0. The Hall–Kier alpha value is -3.49. The summed E-state index contributed by atoms with van der Waals surface area (Å²) in [5.41, 5.74) is 9.37. The summed E-state index contributed by atoms with van der Waals surface area (Å²) in [4.78, 5) is 37.1. The van der Waals surface area contributed by atoms with E-state index in [9.17, 15) is 9.59 Å². The summed E-state index contributed by atoms with van der Waals surface area (Å²) in [6.45, 7) is 5.77. The number of rotatable bonds is 5. The maximum absolute atomic E-state index is 12.2. The number of nitrogens with one attached hydrogen (secondary N) is 2. The smallest absolute Gasteiger partial charge is 0.342 e. The second-order valence-corrected chi connectivity index (χ2v) is 9.02. The monoisotopic (exact) mass is 464 g/mol. The van der Waals surface area contributed by atoms with Gasteiger partial charge in [0.05, 0.1) is 25.0 Å². The molecule has 3 heterocycles. The summed E-state index contributed by atoms with van der Waals surface area (Å²) in [6.07, 6.45) is 8.33. The minimum Gasteiger partial charge on any atom is -0.382 e. The minimum atomic E-state index is -0.494. The highest BCUT2D eigenvalue weighted by atomic mass is 16.2. The molecule has 2 aromatic heterocycles. The highest BCUT2D eigenvalue weighted by Crippen LogP contribution is 2.36. The Kier molecular flexibility index (Phi) is 7.40. The number of piperazine rings is 1. The van der Waals surface area contributed by atoms with Crippen molar-refractivity contribution >= 4 is 23.8 Å². The molecule has 1 saturated heterocycles. The number of H-pyrrole nitrogens is 1. The van der Waals surface area contributed by atoms with E-state index in [1.807, 2.05) is 19.1 Å². The molecular weight excluding hydrogens is 430 g/mol. The zero-order valence-corrected chi connectivity index (χ0v) is 20.0. The summed E-state index contributed by atoms with van der Waals surface area (Å²) < 4.78 is 2.43. The van der Waals surface area contributed by atoms with Gasteiger partial charge in [-0.2, -0.15) is 4.99 Å². The molecule has 0 radical (unpaired) electrons. The fraction of sp³-hybridized carbons (Fsp3) is 0.480. The van der Waals surface area contributed by atoms with Gasteiger partial charge < -0.3 is 20.9 Å². The van der Waals surface area contributed by atoms with Gasteiger partial charge in [0.2, 0.25) is 0 Å². The molecule has 2 aliphatic rings. The number of amides is 2. The molecule has 1 unspecified atom stereocenters. The van der Waals surface area contributed by atoms with Crippen LogP contribution in [-0.4, -0.2) is 65.9 Å². The van der Waals surface area contributed by atoms with E-state index in [2.05, 4.69) is 42.0 Å². The molecule has 2 amide bonds. The number of urea groups is 1. The third-order valence-electron chi connectivity index (χ3n) is 6.85. The van der Waals surface area contributed by atoms with Crippen molar-refractivity contribution in [3.63, 3.8) is 0 Å². The number of nitrogens with two attached hydrogens (primary N) is 1. The zero-order valence-electron chi connectivity index (χ0n) is 20.0. The number of carbonyl (C=O) groups is 1. The van der Waals surface area contributed by atoms with Crippen LogP contribution in [0.5, 0.6) is 0 Å². The summed E-state index contributed by atoms with van der Waals surface area (Å²) in [7, 11) is 1.50. The van der Waals surface area contributed by atoms with Crippen LogP contribution in [0.1, 0.15) is 49.1 Å². The van der Waals surface area contributed by atoms with Crippen molar-refractivity contribution in [2.45, 2.75) is 38.5 Å². The van der Waals surface area contributed by atoms with Crippen molar-refractivity contribution in [3.8, 4) is 0 Å². The van der Waals surface area contributed by atoms with Crippen molar-refractivity contribution in [2.75, 3.05) is 38.1 Å². The van der Waals surface area contributed by atoms with E-state index < -0.39 is 6.03 Å². The SMILES string of the molecule is CCc1ccc([C@@H]2CCC(C=[N+]3CCN(c4ccc(/C(N)=N/C(=O)NC)nc4)CC3)C2)[nH]c1=O. The first-order valence-electron chi connectivity index (χ1n) is 12.0. The Morgan fingerprint density at radius 2 is 2.09 bits per heavy atom. The Labute approximate surface area is 199 Å². The average Bonchev–Trinajstić information content (AvgIpc) is 3.33. The Balaban J connectivity index is 1.31. The van der Waals surface area contributed by atoms with Crippen LogP contribution < -0.4 is 21.5 Å². The molecule has 2 fully saturated rings. The molecule has 2 aromatic rings. The lowest BCUT2D eigenvalue weighted by atomic mass is 10.0. The molecule has 4 rings (SSSR count). The van der Waals surface area contributed by atoms with E-state index in [1.165, 1.54) is 7.05 Å². The molecular formula is C25H34N7O2+. The molecule has 0 aromatic carbocycles. The van der Waals surface area contributed by atoms with Crippen molar-refractivity contribution in [1.82, 2.24) is 15.3 Å². The molecule has 0 spiro atoms. The van der Waals surface area contributed by atoms with Crippen LogP contribution in [0.2, 0.25) is 0 Å².